The fourth-order valence-electron chi connectivity index (χ4n) is 7.62. The molecule has 6 rings (SSSR count). The number of aliphatic hydroxyl groups is 1. The molecule has 3 aliphatic heterocycles. The van der Waals surface area contributed by atoms with Crippen LogP contribution < -0.4 is 15.2 Å². The lowest BCUT2D eigenvalue weighted by atomic mass is 9.82. The van der Waals surface area contributed by atoms with Crippen molar-refractivity contribution in [2.24, 2.45) is 5.92 Å². The fourth-order valence-corrected chi connectivity index (χ4v) is 11.6. The number of methoxy groups -OCH3 is 1. The summed E-state index contributed by atoms with van der Waals surface area (Å²) >= 11 is 0. The first-order valence-electron chi connectivity index (χ1n) is 14.4. The number of fused-ring (bicyclic) bond motifs is 3. The SMILES string of the molecule is COc1ccc([Si](C)(C)[C@@H]2[C@@H](CC(=O)N3Cc4ccccc4C[C@H]3CO)O[C@]3(C(=O)Nc4ccccc43)[C@H]2C)cc1. The van der Waals surface area contributed by atoms with Gasteiger partial charge in [0.1, 0.15) is 5.75 Å². The predicted octanol–water partition coefficient (Wildman–Crippen LogP) is 4.20. The number of para-hydroxylation sites is 1. The molecular formula is C33H38N2O5Si. The second-order valence-corrected chi connectivity index (χ2v) is 16.9. The van der Waals surface area contributed by atoms with Gasteiger partial charge in [-0.3, -0.25) is 9.59 Å². The number of aliphatic hydroxyl groups excluding tert-OH is 1. The van der Waals surface area contributed by atoms with Crippen molar-refractivity contribution in [2.75, 3.05) is 19.0 Å². The van der Waals surface area contributed by atoms with Crippen molar-refractivity contribution in [3.8, 4) is 5.75 Å². The van der Waals surface area contributed by atoms with Crippen molar-refractivity contribution in [1.82, 2.24) is 4.90 Å². The molecule has 0 aromatic heterocycles. The van der Waals surface area contributed by atoms with Gasteiger partial charge in [-0.25, -0.2) is 0 Å². The molecule has 0 unspecified atom stereocenters. The van der Waals surface area contributed by atoms with E-state index in [4.69, 9.17) is 9.47 Å². The van der Waals surface area contributed by atoms with Crippen molar-refractivity contribution in [3.05, 3.63) is 89.5 Å². The van der Waals surface area contributed by atoms with Crippen LogP contribution in [-0.4, -0.2) is 55.8 Å². The van der Waals surface area contributed by atoms with Gasteiger partial charge in [0.05, 0.1) is 40.4 Å². The van der Waals surface area contributed by atoms with Crippen LogP contribution in [-0.2, 0) is 32.9 Å². The highest BCUT2D eigenvalue weighted by Crippen LogP contribution is 2.58. The minimum absolute atomic E-state index is 0.0265. The number of rotatable bonds is 6. The standard InChI is InChI=1S/C33H38N2O5Si/c1-21-31(41(3,4)26-15-13-25(39-2)14-16-26)29(40-33(21)27-11-7-8-12-28(27)34-32(33)38)18-30(37)35-19-23-10-6-5-9-22(23)17-24(35)20-36/h5-16,21,24,29,31,36H,17-20H2,1-4H3,(H,34,38)/t21-,24-,29+,31-,33+/m0/s1. The van der Waals surface area contributed by atoms with Crippen LogP contribution >= 0.6 is 0 Å². The summed E-state index contributed by atoms with van der Waals surface area (Å²) in [5.74, 6) is 0.417. The molecule has 1 spiro atoms. The molecule has 5 atom stereocenters. The number of benzene rings is 3. The monoisotopic (exact) mass is 570 g/mol. The number of carbonyl (C=O) groups is 2. The zero-order valence-corrected chi connectivity index (χ0v) is 25.1. The van der Waals surface area contributed by atoms with Crippen LogP contribution in [0.2, 0.25) is 18.6 Å². The third-order valence-electron chi connectivity index (χ3n) is 9.76. The third-order valence-corrected chi connectivity index (χ3v) is 14.1. The van der Waals surface area contributed by atoms with Crippen molar-refractivity contribution < 1.29 is 24.2 Å². The number of nitrogens with one attached hydrogen (secondary N) is 1. The topological polar surface area (TPSA) is 88.1 Å². The molecule has 1 fully saturated rings. The molecule has 7 nitrogen and oxygen atoms in total. The molecule has 1 saturated heterocycles. The van der Waals surface area contributed by atoms with E-state index in [-0.39, 0.29) is 42.3 Å². The van der Waals surface area contributed by atoms with Crippen molar-refractivity contribution in [3.63, 3.8) is 0 Å². The summed E-state index contributed by atoms with van der Waals surface area (Å²) in [6, 6.07) is 23.8. The number of carbonyl (C=O) groups excluding carboxylic acids is 2. The van der Waals surface area contributed by atoms with Gasteiger partial charge in [-0.1, -0.05) is 79.8 Å². The molecule has 2 amide bonds. The molecule has 214 valence electrons. The quantitative estimate of drug-likeness (QED) is 0.434. The predicted molar refractivity (Wildman–Crippen MR) is 161 cm³/mol. The Bertz CT molecular complexity index is 1470. The molecule has 0 bridgehead atoms. The van der Waals surface area contributed by atoms with Crippen molar-refractivity contribution >= 4 is 30.8 Å². The molecule has 3 aromatic carbocycles. The zero-order chi connectivity index (χ0) is 28.9. The van der Waals surface area contributed by atoms with Gasteiger partial charge in [0, 0.05) is 23.7 Å². The molecular weight excluding hydrogens is 532 g/mol. The van der Waals surface area contributed by atoms with E-state index in [2.05, 4.69) is 49.6 Å². The van der Waals surface area contributed by atoms with Gasteiger partial charge in [0.2, 0.25) is 5.91 Å². The summed E-state index contributed by atoms with van der Waals surface area (Å²) in [6.07, 6.45) is 0.308. The van der Waals surface area contributed by atoms with Gasteiger partial charge in [-0.2, -0.15) is 0 Å². The maximum absolute atomic E-state index is 14.1. The Morgan fingerprint density at radius 2 is 1.76 bits per heavy atom. The highest BCUT2D eigenvalue weighted by atomic mass is 28.3. The van der Waals surface area contributed by atoms with Gasteiger partial charge < -0.3 is 24.8 Å². The summed E-state index contributed by atoms with van der Waals surface area (Å²) < 4.78 is 12.3. The molecule has 0 radical (unpaired) electrons. The second kappa shape index (κ2) is 10.4. The first-order chi connectivity index (χ1) is 19.7. The highest BCUT2D eigenvalue weighted by Gasteiger charge is 2.65. The minimum Gasteiger partial charge on any atom is -0.497 e. The summed E-state index contributed by atoms with van der Waals surface area (Å²) in [6.45, 7) is 7.09. The molecule has 3 aliphatic rings. The normalized spacial score (nSPS) is 27.0. The first-order valence-corrected chi connectivity index (χ1v) is 17.5. The van der Waals surface area contributed by atoms with Gasteiger partial charge >= 0.3 is 0 Å². The molecule has 41 heavy (non-hydrogen) atoms. The van der Waals surface area contributed by atoms with E-state index in [0.29, 0.717) is 13.0 Å². The zero-order valence-electron chi connectivity index (χ0n) is 24.1. The van der Waals surface area contributed by atoms with Crippen LogP contribution in [0, 0.1) is 5.92 Å². The van der Waals surface area contributed by atoms with E-state index in [0.717, 1.165) is 22.6 Å². The second-order valence-electron chi connectivity index (χ2n) is 12.2. The Balaban J connectivity index is 1.38. The molecule has 8 heteroatoms. The lowest BCUT2D eigenvalue weighted by molar-refractivity contribution is -0.149. The summed E-state index contributed by atoms with van der Waals surface area (Å²) in [4.78, 5) is 29.7. The number of anilines is 1. The maximum Gasteiger partial charge on any atom is 0.261 e. The fraction of sp³-hybridized carbons (Fsp3) is 0.394. The van der Waals surface area contributed by atoms with Crippen LogP contribution in [0.15, 0.2) is 72.8 Å². The number of amides is 2. The van der Waals surface area contributed by atoms with E-state index in [1.54, 1.807) is 7.11 Å². The number of ether oxygens (including phenoxy) is 2. The highest BCUT2D eigenvalue weighted by molar-refractivity contribution is 6.91. The van der Waals surface area contributed by atoms with Crippen LogP contribution in [0.25, 0.3) is 0 Å². The average Bonchev–Trinajstić information content (AvgIpc) is 3.45. The molecule has 0 saturated carbocycles. The molecule has 2 N–H and O–H groups in total. The summed E-state index contributed by atoms with van der Waals surface area (Å²) in [5.41, 5.74) is 2.71. The number of hydrogen-bond acceptors (Lipinski definition) is 5. The van der Waals surface area contributed by atoms with Gasteiger partial charge in [0.15, 0.2) is 5.60 Å². The Morgan fingerprint density at radius 1 is 1.07 bits per heavy atom. The van der Waals surface area contributed by atoms with E-state index < -0.39 is 19.8 Å². The van der Waals surface area contributed by atoms with Gasteiger partial charge in [-0.05, 0) is 41.3 Å². The summed E-state index contributed by atoms with van der Waals surface area (Å²) in [5, 5.41) is 14.5. The van der Waals surface area contributed by atoms with E-state index in [1.165, 1.54) is 10.8 Å². The maximum atomic E-state index is 14.1. The average molecular weight is 571 g/mol. The largest absolute Gasteiger partial charge is 0.497 e. The lowest BCUT2D eigenvalue weighted by Gasteiger charge is -2.39. The van der Waals surface area contributed by atoms with E-state index in [9.17, 15) is 14.7 Å². The van der Waals surface area contributed by atoms with Crippen LogP contribution in [0.1, 0.15) is 30.0 Å². The molecule has 0 aliphatic carbocycles. The van der Waals surface area contributed by atoms with Crippen molar-refractivity contribution in [2.45, 2.75) is 62.7 Å². The van der Waals surface area contributed by atoms with Crippen molar-refractivity contribution in [1.29, 1.82) is 0 Å². The molecule has 3 heterocycles. The van der Waals surface area contributed by atoms with Crippen LogP contribution in [0.4, 0.5) is 5.69 Å². The minimum atomic E-state index is -2.33. The Hall–Kier alpha value is -3.46. The Labute approximate surface area is 242 Å². The Kier molecular flexibility index (Phi) is 7.04. The van der Waals surface area contributed by atoms with Gasteiger partial charge in [0.25, 0.3) is 5.91 Å². The molecule has 3 aromatic rings. The van der Waals surface area contributed by atoms with Crippen LogP contribution in [0.5, 0.6) is 5.75 Å². The van der Waals surface area contributed by atoms with E-state index >= 15 is 0 Å². The smallest absolute Gasteiger partial charge is 0.261 e. The first kappa shape index (κ1) is 27.7. The van der Waals surface area contributed by atoms with Crippen LogP contribution in [0.3, 0.4) is 0 Å². The third kappa shape index (κ3) is 4.40. The summed E-state index contributed by atoms with van der Waals surface area (Å²) in [7, 11) is -0.675. The van der Waals surface area contributed by atoms with E-state index in [1.807, 2.05) is 53.4 Å². The number of hydrogen-bond donors (Lipinski definition) is 2. The lowest BCUT2D eigenvalue weighted by Crippen LogP contribution is -2.52. The Morgan fingerprint density at radius 3 is 2.46 bits per heavy atom. The number of nitrogens with zero attached hydrogens (tertiary/aromatic N) is 1. The van der Waals surface area contributed by atoms with Gasteiger partial charge in [-0.15, -0.1) is 0 Å².